The molecule has 2 unspecified atom stereocenters. The number of rotatable bonds is 6. The van der Waals surface area contributed by atoms with Gasteiger partial charge in [-0.25, -0.2) is 17.9 Å². The molecule has 3 aromatic rings. The molecule has 2 bridgehead atoms. The van der Waals surface area contributed by atoms with Crippen LogP contribution in [0.4, 0.5) is 16.3 Å². The third-order valence-corrected chi connectivity index (χ3v) is 9.24. The summed E-state index contributed by atoms with van der Waals surface area (Å²) in [4.78, 5) is 13.0. The maximum atomic E-state index is 13.0. The van der Waals surface area contributed by atoms with Gasteiger partial charge >= 0.3 is 6.03 Å². The molecule has 2 aromatic carbocycles. The van der Waals surface area contributed by atoms with E-state index < -0.39 is 10.0 Å². The van der Waals surface area contributed by atoms with Crippen LogP contribution in [0.2, 0.25) is 0 Å². The van der Waals surface area contributed by atoms with Crippen molar-refractivity contribution in [2.45, 2.75) is 77.3 Å². The van der Waals surface area contributed by atoms with Crippen molar-refractivity contribution in [3.8, 4) is 5.69 Å². The molecule has 2 fully saturated rings. The molecule has 0 radical (unpaired) electrons. The number of sulfonamides is 1. The predicted molar refractivity (Wildman–Crippen MR) is 156 cm³/mol. The second kappa shape index (κ2) is 10.4. The Hall–Kier alpha value is -3.17. The second-order valence-electron chi connectivity index (χ2n) is 12.2. The number of aromatic nitrogens is 2. The van der Waals surface area contributed by atoms with Crippen molar-refractivity contribution in [2.24, 2.45) is 5.92 Å². The monoisotopic (exact) mass is 549 g/mol. The van der Waals surface area contributed by atoms with Gasteiger partial charge in [0, 0.05) is 29.3 Å². The number of carbonyl (C=O) groups excluding carboxylic acids is 1. The molecule has 1 aromatic heterocycles. The van der Waals surface area contributed by atoms with E-state index in [-0.39, 0.29) is 23.5 Å². The summed E-state index contributed by atoms with van der Waals surface area (Å²) in [6.45, 7) is 8.33. The Morgan fingerprint density at radius 2 is 1.59 bits per heavy atom. The number of benzene rings is 2. The van der Waals surface area contributed by atoms with Crippen molar-refractivity contribution >= 4 is 27.6 Å². The van der Waals surface area contributed by atoms with E-state index in [0.717, 1.165) is 49.0 Å². The molecule has 208 valence electrons. The number of urea groups is 1. The van der Waals surface area contributed by atoms with Gasteiger partial charge in [-0.05, 0) is 74.8 Å². The molecule has 2 aliphatic rings. The fourth-order valence-corrected chi connectivity index (χ4v) is 7.48. The SMILES string of the molecule is Cc1ccc(-n2nc(C(C)(C)C)cc2NC(=O)Nc2ccc(CC3CC4CCC(C3)N4S(C)(=O)=O)cc2)cc1. The summed E-state index contributed by atoms with van der Waals surface area (Å²) >= 11 is 0. The summed E-state index contributed by atoms with van der Waals surface area (Å²) in [6.07, 6.45) is 6.01. The number of hydrogen-bond acceptors (Lipinski definition) is 4. The molecule has 0 spiro atoms. The van der Waals surface area contributed by atoms with Crippen molar-refractivity contribution in [2.75, 3.05) is 16.9 Å². The first kappa shape index (κ1) is 27.4. The zero-order valence-corrected chi connectivity index (χ0v) is 24.3. The topological polar surface area (TPSA) is 96.3 Å². The first-order valence-corrected chi connectivity index (χ1v) is 15.5. The highest BCUT2D eigenvalue weighted by atomic mass is 32.2. The normalized spacial score (nSPS) is 21.6. The van der Waals surface area contributed by atoms with Gasteiger partial charge in [0.25, 0.3) is 0 Å². The molecular weight excluding hydrogens is 510 g/mol. The first-order valence-electron chi connectivity index (χ1n) is 13.7. The number of nitrogens with one attached hydrogen (secondary N) is 2. The van der Waals surface area contributed by atoms with E-state index in [1.165, 1.54) is 11.8 Å². The average Bonchev–Trinajstić information content (AvgIpc) is 3.40. The number of hydrogen-bond donors (Lipinski definition) is 2. The van der Waals surface area contributed by atoms with Crippen LogP contribution in [0.5, 0.6) is 0 Å². The summed E-state index contributed by atoms with van der Waals surface area (Å²) in [5, 5.41) is 10.7. The van der Waals surface area contributed by atoms with Crippen LogP contribution in [-0.4, -0.2) is 46.9 Å². The fourth-order valence-electron chi connectivity index (χ4n) is 6.01. The van der Waals surface area contributed by atoms with E-state index in [0.29, 0.717) is 17.4 Å². The van der Waals surface area contributed by atoms with E-state index in [1.807, 2.05) is 49.4 Å². The molecule has 0 saturated carbocycles. The Morgan fingerprint density at radius 1 is 0.974 bits per heavy atom. The lowest BCUT2D eigenvalue weighted by Crippen LogP contribution is -2.46. The van der Waals surface area contributed by atoms with Gasteiger partial charge < -0.3 is 5.32 Å². The van der Waals surface area contributed by atoms with Crippen LogP contribution in [-0.2, 0) is 21.9 Å². The smallest absolute Gasteiger partial charge is 0.308 e. The molecule has 0 aliphatic carbocycles. The number of amides is 2. The summed E-state index contributed by atoms with van der Waals surface area (Å²) < 4.78 is 27.9. The van der Waals surface area contributed by atoms with Crippen LogP contribution in [0.25, 0.3) is 5.69 Å². The molecule has 2 saturated heterocycles. The zero-order valence-electron chi connectivity index (χ0n) is 23.4. The molecule has 39 heavy (non-hydrogen) atoms. The molecule has 8 nitrogen and oxygen atoms in total. The van der Waals surface area contributed by atoms with Gasteiger partial charge in [-0.15, -0.1) is 0 Å². The Labute approximate surface area is 231 Å². The fraction of sp³-hybridized carbons (Fsp3) is 0.467. The van der Waals surface area contributed by atoms with Crippen molar-refractivity contribution < 1.29 is 13.2 Å². The third-order valence-electron chi connectivity index (χ3n) is 7.88. The predicted octanol–water partition coefficient (Wildman–Crippen LogP) is 5.87. The standard InChI is InChI=1S/C30H39N5O3S/c1-20-6-12-24(13-7-20)34-28(19-27(33-34)30(2,3)4)32-29(36)31-23-10-8-21(9-11-23)16-22-17-25-14-15-26(18-22)35(25)39(5,37)38/h6-13,19,22,25-26H,14-18H2,1-5H3,(H2,31,32,36). The maximum absolute atomic E-state index is 13.0. The Bertz CT molecular complexity index is 1430. The molecule has 2 N–H and O–H groups in total. The van der Waals surface area contributed by atoms with Crippen LogP contribution < -0.4 is 10.6 Å². The lowest BCUT2D eigenvalue weighted by molar-refractivity contribution is 0.191. The maximum Gasteiger partial charge on any atom is 0.324 e. The zero-order chi connectivity index (χ0) is 27.9. The highest BCUT2D eigenvalue weighted by Gasteiger charge is 2.44. The number of aryl methyl sites for hydroxylation is 1. The minimum atomic E-state index is -3.14. The summed E-state index contributed by atoms with van der Waals surface area (Å²) in [6, 6.07) is 17.9. The van der Waals surface area contributed by atoms with Gasteiger partial charge in [0.05, 0.1) is 17.6 Å². The quantitative estimate of drug-likeness (QED) is 0.402. The molecule has 2 aliphatic heterocycles. The van der Waals surface area contributed by atoms with E-state index in [9.17, 15) is 13.2 Å². The molecule has 2 atom stereocenters. The number of nitrogens with zero attached hydrogens (tertiary/aromatic N) is 3. The van der Waals surface area contributed by atoms with E-state index in [2.05, 4.69) is 43.5 Å². The summed E-state index contributed by atoms with van der Waals surface area (Å²) in [5.74, 6) is 1.08. The van der Waals surface area contributed by atoms with E-state index >= 15 is 0 Å². The minimum Gasteiger partial charge on any atom is -0.308 e. The highest BCUT2D eigenvalue weighted by Crippen LogP contribution is 2.41. The van der Waals surface area contributed by atoms with E-state index in [1.54, 1.807) is 8.99 Å². The highest BCUT2D eigenvalue weighted by molar-refractivity contribution is 7.88. The largest absolute Gasteiger partial charge is 0.324 e. The number of fused-ring (bicyclic) bond motifs is 2. The molecular formula is C30H39N5O3S. The number of piperidine rings is 1. The van der Waals surface area contributed by atoms with Crippen LogP contribution in [0, 0.1) is 12.8 Å². The molecule has 3 heterocycles. The van der Waals surface area contributed by atoms with Crippen molar-refractivity contribution in [3.05, 3.63) is 71.4 Å². The lowest BCUT2D eigenvalue weighted by Gasteiger charge is -2.37. The van der Waals surface area contributed by atoms with Gasteiger partial charge in [-0.2, -0.15) is 9.40 Å². The first-order chi connectivity index (χ1) is 18.4. The van der Waals surface area contributed by atoms with Crippen molar-refractivity contribution in [1.29, 1.82) is 0 Å². The summed E-state index contributed by atoms with van der Waals surface area (Å²) in [5.41, 5.74) is 4.67. The van der Waals surface area contributed by atoms with Crippen LogP contribution in [0.3, 0.4) is 0 Å². The second-order valence-corrected chi connectivity index (χ2v) is 14.1. The minimum absolute atomic E-state index is 0.139. The molecule has 9 heteroatoms. The average molecular weight is 550 g/mol. The van der Waals surface area contributed by atoms with Gasteiger partial charge in [0.2, 0.25) is 10.0 Å². The van der Waals surface area contributed by atoms with Crippen LogP contribution in [0.1, 0.15) is 63.3 Å². The van der Waals surface area contributed by atoms with Gasteiger partial charge in [-0.1, -0.05) is 50.6 Å². The Morgan fingerprint density at radius 3 is 2.15 bits per heavy atom. The van der Waals surface area contributed by atoms with Crippen LogP contribution >= 0.6 is 0 Å². The van der Waals surface area contributed by atoms with Gasteiger partial charge in [-0.3, -0.25) is 5.32 Å². The van der Waals surface area contributed by atoms with Crippen LogP contribution in [0.15, 0.2) is 54.6 Å². The van der Waals surface area contributed by atoms with Crippen molar-refractivity contribution in [3.63, 3.8) is 0 Å². The lowest BCUT2D eigenvalue weighted by atomic mass is 9.87. The molecule has 5 rings (SSSR count). The van der Waals surface area contributed by atoms with E-state index in [4.69, 9.17) is 5.10 Å². The van der Waals surface area contributed by atoms with Gasteiger partial charge in [0.1, 0.15) is 5.82 Å². The molecule has 2 amide bonds. The van der Waals surface area contributed by atoms with Crippen molar-refractivity contribution in [1.82, 2.24) is 14.1 Å². The van der Waals surface area contributed by atoms with Gasteiger partial charge in [0.15, 0.2) is 0 Å². The number of carbonyl (C=O) groups is 1. The third kappa shape index (κ3) is 6.20. The summed E-state index contributed by atoms with van der Waals surface area (Å²) in [7, 11) is -3.14. The Balaban J connectivity index is 1.23. The number of anilines is 2. The Kier molecular flexibility index (Phi) is 7.33.